The monoisotopic (exact) mass is 226 g/mol. The Labute approximate surface area is 93.9 Å². The van der Waals surface area contributed by atoms with E-state index in [1.165, 1.54) is 0 Å². The highest BCUT2D eigenvalue weighted by Crippen LogP contribution is 2.21. The summed E-state index contributed by atoms with van der Waals surface area (Å²) in [6, 6.07) is 6.89. The Morgan fingerprint density at radius 3 is 2.62 bits per heavy atom. The molecule has 88 valence electrons. The summed E-state index contributed by atoms with van der Waals surface area (Å²) in [5, 5.41) is 8.50. The van der Waals surface area contributed by atoms with Crippen LogP contribution < -0.4 is 4.74 Å². The summed E-state index contributed by atoms with van der Waals surface area (Å²) in [4.78, 5) is 10.4. The highest BCUT2D eigenvalue weighted by Gasteiger charge is 2.18. The lowest BCUT2D eigenvalue weighted by atomic mass is 10.1. The number of rotatable bonds is 5. The summed E-state index contributed by atoms with van der Waals surface area (Å²) in [5.41, 5.74) is 0.575. The van der Waals surface area contributed by atoms with Crippen molar-refractivity contribution in [2.75, 3.05) is 0 Å². The van der Waals surface area contributed by atoms with Crippen molar-refractivity contribution in [1.82, 2.24) is 0 Å². The number of halogens is 1. The topological polar surface area (TPSA) is 46.5 Å². The molecule has 3 nitrogen and oxygen atoms in total. The lowest BCUT2D eigenvalue weighted by Crippen LogP contribution is -2.18. The van der Waals surface area contributed by atoms with Crippen LogP contribution in [0.1, 0.15) is 19.4 Å². The maximum absolute atomic E-state index is 13.1. The van der Waals surface area contributed by atoms with E-state index < -0.39 is 12.1 Å². The van der Waals surface area contributed by atoms with Crippen molar-refractivity contribution in [3.63, 3.8) is 0 Å². The minimum Gasteiger partial charge on any atom is -0.491 e. The number of carboxylic acid groups (broad SMARTS) is 1. The number of aliphatic carboxylic acids is 1. The summed E-state index contributed by atoms with van der Waals surface area (Å²) in [6.07, 6.45) is -2.08. The van der Waals surface area contributed by atoms with Crippen molar-refractivity contribution in [3.05, 3.63) is 29.8 Å². The van der Waals surface area contributed by atoms with Crippen molar-refractivity contribution in [2.24, 2.45) is 0 Å². The van der Waals surface area contributed by atoms with Crippen LogP contribution in [0.25, 0.3) is 0 Å². The molecule has 1 unspecified atom stereocenters. The van der Waals surface area contributed by atoms with Crippen LogP contribution in [0.2, 0.25) is 0 Å². The van der Waals surface area contributed by atoms with E-state index in [0.717, 1.165) is 0 Å². The van der Waals surface area contributed by atoms with Crippen LogP contribution in [0.4, 0.5) is 4.39 Å². The van der Waals surface area contributed by atoms with Gasteiger partial charge in [-0.05, 0) is 25.5 Å². The zero-order chi connectivity index (χ0) is 12.1. The van der Waals surface area contributed by atoms with Gasteiger partial charge in [0, 0.05) is 6.42 Å². The predicted molar refractivity (Wildman–Crippen MR) is 58.4 cm³/mol. The number of hydrogen-bond acceptors (Lipinski definition) is 2. The molecule has 0 radical (unpaired) electrons. The van der Waals surface area contributed by atoms with Gasteiger partial charge in [0.1, 0.15) is 5.75 Å². The maximum atomic E-state index is 13.1. The molecular formula is C12H15FO3. The third kappa shape index (κ3) is 3.53. The zero-order valence-electron chi connectivity index (χ0n) is 9.31. The van der Waals surface area contributed by atoms with Gasteiger partial charge in [-0.25, -0.2) is 9.18 Å². The lowest BCUT2D eigenvalue weighted by molar-refractivity contribution is -0.142. The predicted octanol–water partition coefficient (Wildman–Crippen LogP) is 2.44. The number of alkyl halides is 1. The molecule has 0 bridgehead atoms. The van der Waals surface area contributed by atoms with E-state index >= 15 is 0 Å². The highest BCUT2D eigenvalue weighted by molar-refractivity contribution is 5.72. The Hall–Kier alpha value is -1.58. The largest absolute Gasteiger partial charge is 0.491 e. The van der Waals surface area contributed by atoms with E-state index in [4.69, 9.17) is 9.84 Å². The van der Waals surface area contributed by atoms with Gasteiger partial charge in [-0.15, -0.1) is 0 Å². The molecule has 0 aliphatic heterocycles. The van der Waals surface area contributed by atoms with Gasteiger partial charge < -0.3 is 9.84 Å². The SMILES string of the molecule is CC(C)Oc1ccccc1CC(F)C(=O)O. The van der Waals surface area contributed by atoms with Crippen molar-refractivity contribution >= 4 is 5.97 Å². The number of benzene rings is 1. The third-order valence-electron chi connectivity index (χ3n) is 2.00. The van der Waals surface area contributed by atoms with Gasteiger partial charge in [0.25, 0.3) is 0 Å². The Balaban J connectivity index is 2.82. The molecule has 0 aliphatic carbocycles. The average Bonchev–Trinajstić information content (AvgIpc) is 2.20. The highest BCUT2D eigenvalue weighted by atomic mass is 19.1. The molecule has 0 spiro atoms. The average molecular weight is 226 g/mol. The van der Waals surface area contributed by atoms with Gasteiger partial charge in [-0.2, -0.15) is 0 Å². The summed E-state index contributed by atoms with van der Waals surface area (Å²) in [6.45, 7) is 3.72. The molecule has 0 fully saturated rings. The molecule has 1 aromatic rings. The fourth-order valence-corrected chi connectivity index (χ4v) is 1.32. The van der Waals surface area contributed by atoms with Crippen molar-refractivity contribution in [2.45, 2.75) is 32.5 Å². The van der Waals surface area contributed by atoms with Gasteiger partial charge in [-0.1, -0.05) is 18.2 Å². The molecular weight excluding hydrogens is 211 g/mol. The van der Waals surface area contributed by atoms with Gasteiger partial charge >= 0.3 is 5.97 Å². The number of ether oxygens (including phenoxy) is 1. The quantitative estimate of drug-likeness (QED) is 0.838. The Morgan fingerprint density at radius 2 is 2.06 bits per heavy atom. The fraction of sp³-hybridized carbons (Fsp3) is 0.417. The lowest BCUT2D eigenvalue weighted by Gasteiger charge is -2.14. The Bertz CT molecular complexity index is 363. The van der Waals surface area contributed by atoms with E-state index in [-0.39, 0.29) is 12.5 Å². The number of carbonyl (C=O) groups is 1. The summed E-state index contributed by atoms with van der Waals surface area (Å²) in [5.74, 6) is -0.902. The first-order valence-electron chi connectivity index (χ1n) is 5.12. The van der Waals surface area contributed by atoms with Crippen molar-refractivity contribution < 1.29 is 19.0 Å². The maximum Gasteiger partial charge on any atom is 0.338 e. The van der Waals surface area contributed by atoms with E-state index in [1.807, 2.05) is 13.8 Å². The van der Waals surface area contributed by atoms with E-state index in [0.29, 0.717) is 11.3 Å². The number of hydrogen-bond donors (Lipinski definition) is 1. The minimum absolute atomic E-state index is 0.0240. The molecule has 0 saturated carbocycles. The second kappa shape index (κ2) is 5.49. The molecule has 0 aliphatic rings. The molecule has 1 aromatic carbocycles. The first-order chi connectivity index (χ1) is 7.50. The summed E-state index contributed by atoms with van der Waals surface area (Å²) >= 11 is 0. The van der Waals surface area contributed by atoms with Gasteiger partial charge in [-0.3, -0.25) is 0 Å². The Morgan fingerprint density at radius 1 is 1.44 bits per heavy atom. The van der Waals surface area contributed by atoms with Crippen LogP contribution in [0, 0.1) is 0 Å². The van der Waals surface area contributed by atoms with Crippen LogP contribution in [0.15, 0.2) is 24.3 Å². The van der Waals surface area contributed by atoms with E-state index in [9.17, 15) is 9.18 Å². The number of para-hydroxylation sites is 1. The van der Waals surface area contributed by atoms with Crippen LogP contribution in [-0.4, -0.2) is 23.4 Å². The molecule has 16 heavy (non-hydrogen) atoms. The Kier molecular flexibility index (Phi) is 4.28. The third-order valence-corrected chi connectivity index (χ3v) is 2.00. The van der Waals surface area contributed by atoms with Gasteiger partial charge in [0.05, 0.1) is 6.10 Å². The summed E-state index contributed by atoms with van der Waals surface area (Å²) < 4.78 is 18.5. The molecule has 4 heteroatoms. The molecule has 1 N–H and O–H groups in total. The number of carboxylic acids is 1. The molecule has 0 heterocycles. The molecule has 0 amide bonds. The molecule has 0 saturated heterocycles. The molecule has 0 aromatic heterocycles. The first-order valence-corrected chi connectivity index (χ1v) is 5.12. The second-order valence-electron chi connectivity index (χ2n) is 3.78. The van der Waals surface area contributed by atoms with Crippen molar-refractivity contribution in [3.8, 4) is 5.75 Å². The first kappa shape index (κ1) is 12.5. The van der Waals surface area contributed by atoms with Gasteiger partial charge in [0.2, 0.25) is 6.17 Å². The minimum atomic E-state index is -1.89. The van der Waals surface area contributed by atoms with Gasteiger partial charge in [0.15, 0.2) is 0 Å². The van der Waals surface area contributed by atoms with Crippen LogP contribution in [0.3, 0.4) is 0 Å². The second-order valence-corrected chi connectivity index (χ2v) is 3.78. The van der Waals surface area contributed by atoms with Crippen LogP contribution in [-0.2, 0) is 11.2 Å². The standard InChI is InChI=1S/C12H15FO3/c1-8(2)16-11-6-4-3-5-9(11)7-10(13)12(14)15/h3-6,8,10H,7H2,1-2H3,(H,14,15). The van der Waals surface area contributed by atoms with Crippen LogP contribution >= 0.6 is 0 Å². The smallest absolute Gasteiger partial charge is 0.338 e. The summed E-state index contributed by atoms with van der Waals surface area (Å²) in [7, 11) is 0. The fourth-order valence-electron chi connectivity index (χ4n) is 1.32. The molecule has 1 rings (SSSR count). The zero-order valence-corrected chi connectivity index (χ0v) is 9.31. The molecule has 1 atom stereocenters. The normalized spacial score (nSPS) is 12.5. The van der Waals surface area contributed by atoms with E-state index in [1.54, 1.807) is 24.3 Å². The van der Waals surface area contributed by atoms with Crippen molar-refractivity contribution in [1.29, 1.82) is 0 Å². The van der Waals surface area contributed by atoms with Crippen LogP contribution in [0.5, 0.6) is 5.75 Å². The van der Waals surface area contributed by atoms with E-state index in [2.05, 4.69) is 0 Å².